The predicted molar refractivity (Wildman–Crippen MR) is 78.5 cm³/mol. The molecule has 1 unspecified atom stereocenters. The Bertz CT molecular complexity index is 314. The molecule has 0 aromatic rings. The van der Waals surface area contributed by atoms with Crippen LogP contribution in [0.3, 0.4) is 0 Å². The normalized spacial score (nSPS) is 17.7. The van der Waals surface area contributed by atoms with Crippen LogP contribution in [-0.4, -0.2) is 48.1 Å². The summed E-state index contributed by atoms with van der Waals surface area (Å²) in [7, 11) is 1.81. The fourth-order valence-corrected chi connectivity index (χ4v) is 2.81. The van der Waals surface area contributed by atoms with Crippen molar-refractivity contribution in [1.29, 1.82) is 0 Å². The van der Waals surface area contributed by atoms with E-state index in [1.807, 2.05) is 14.0 Å². The van der Waals surface area contributed by atoms with E-state index in [-0.39, 0.29) is 12.5 Å². The first-order valence-corrected chi connectivity index (χ1v) is 7.74. The highest BCUT2D eigenvalue weighted by Gasteiger charge is 2.20. The van der Waals surface area contributed by atoms with Gasteiger partial charge >= 0.3 is 5.97 Å². The van der Waals surface area contributed by atoms with E-state index < -0.39 is 12.0 Å². The van der Waals surface area contributed by atoms with Crippen molar-refractivity contribution < 1.29 is 14.7 Å². The highest BCUT2D eigenvalue weighted by molar-refractivity contribution is 5.79. The van der Waals surface area contributed by atoms with Gasteiger partial charge in [-0.2, -0.15) is 0 Å². The number of nitrogens with zero attached hydrogens (tertiary/aromatic N) is 1. The first kappa shape index (κ1) is 17.0. The molecule has 1 amide bonds. The second-order valence-electron chi connectivity index (χ2n) is 5.84. The standard InChI is InChI=1S/C15H28N2O3/c1-3-7-13(15(19)20)16-10-14(18)17(2)11-12-8-5-4-6-9-12/h12-13,16H,3-11H2,1-2H3,(H,19,20). The number of carbonyl (C=O) groups is 2. The number of hydrogen-bond donors (Lipinski definition) is 2. The quantitative estimate of drug-likeness (QED) is 0.714. The van der Waals surface area contributed by atoms with Gasteiger partial charge in [-0.15, -0.1) is 0 Å². The van der Waals surface area contributed by atoms with E-state index in [1.165, 1.54) is 32.1 Å². The number of nitrogens with one attached hydrogen (secondary N) is 1. The van der Waals surface area contributed by atoms with Crippen LogP contribution in [-0.2, 0) is 9.59 Å². The highest BCUT2D eigenvalue weighted by Crippen LogP contribution is 2.24. The van der Waals surface area contributed by atoms with E-state index in [1.54, 1.807) is 4.90 Å². The van der Waals surface area contributed by atoms with Crippen LogP contribution in [0, 0.1) is 5.92 Å². The first-order valence-electron chi connectivity index (χ1n) is 7.74. The zero-order valence-electron chi connectivity index (χ0n) is 12.7. The number of aliphatic carboxylic acids is 1. The summed E-state index contributed by atoms with van der Waals surface area (Å²) in [5.41, 5.74) is 0. The minimum Gasteiger partial charge on any atom is -0.480 e. The highest BCUT2D eigenvalue weighted by atomic mass is 16.4. The molecule has 116 valence electrons. The largest absolute Gasteiger partial charge is 0.480 e. The van der Waals surface area contributed by atoms with Crippen molar-refractivity contribution in [3.63, 3.8) is 0 Å². The number of amides is 1. The Morgan fingerprint density at radius 3 is 2.50 bits per heavy atom. The summed E-state index contributed by atoms with van der Waals surface area (Å²) in [6.07, 6.45) is 7.60. The van der Waals surface area contributed by atoms with Crippen molar-refractivity contribution in [2.24, 2.45) is 5.92 Å². The van der Waals surface area contributed by atoms with Gasteiger partial charge in [-0.25, -0.2) is 0 Å². The molecule has 1 aliphatic carbocycles. The molecule has 0 spiro atoms. The van der Waals surface area contributed by atoms with Crippen molar-refractivity contribution >= 4 is 11.9 Å². The van der Waals surface area contributed by atoms with Gasteiger partial charge in [0.2, 0.25) is 5.91 Å². The maximum absolute atomic E-state index is 12.0. The smallest absolute Gasteiger partial charge is 0.320 e. The fourth-order valence-electron chi connectivity index (χ4n) is 2.81. The fraction of sp³-hybridized carbons (Fsp3) is 0.867. The molecule has 1 atom stereocenters. The topological polar surface area (TPSA) is 69.6 Å². The van der Waals surface area contributed by atoms with E-state index in [2.05, 4.69) is 5.32 Å². The number of carbonyl (C=O) groups excluding carboxylic acids is 1. The van der Waals surface area contributed by atoms with Crippen molar-refractivity contribution in [3.05, 3.63) is 0 Å². The number of rotatable bonds is 8. The zero-order valence-corrected chi connectivity index (χ0v) is 12.7. The van der Waals surface area contributed by atoms with Crippen LogP contribution < -0.4 is 5.32 Å². The van der Waals surface area contributed by atoms with Crippen LogP contribution in [0.2, 0.25) is 0 Å². The Labute approximate surface area is 121 Å². The molecule has 1 aliphatic rings. The molecule has 0 heterocycles. The molecule has 5 heteroatoms. The number of hydrogen-bond acceptors (Lipinski definition) is 3. The van der Waals surface area contributed by atoms with E-state index in [0.717, 1.165) is 13.0 Å². The average Bonchev–Trinajstić information content (AvgIpc) is 2.43. The summed E-state index contributed by atoms with van der Waals surface area (Å²) in [6, 6.07) is -0.618. The molecule has 0 saturated heterocycles. The minimum absolute atomic E-state index is 0.0158. The van der Waals surface area contributed by atoms with Gasteiger partial charge in [-0.05, 0) is 25.2 Å². The van der Waals surface area contributed by atoms with Crippen molar-refractivity contribution in [3.8, 4) is 0 Å². The zero-order chi connectivity index (χ0) is 15.0. The van der Waals surface area contributed by atoms with Crippen molar-refractivity contribution in [2.45, 2.75) is 57.9 Å². The molecule has 5 nitrogen and oxygen atoms in total. The summed E-state index contributed by atoms with van der Waals surface area (Å²) in [6.45, 7) is 2.85. The lowest BCUT2D eigenvalue weighted by molar-refractivity contribution is -0.140. The third-order valence-electron chi connectivity index (χ3n) is 4.06. The Morgan fingerprint density at radius 2 is 1.95 bits per heavy atom. The minimum atomic E-state index is -0.880. The summed E-state index contributed by atoms with van der Waals surface area (Å²) in [5, 5.41) is 11.9. The molecule has 0 aromatic heterocycles. The summed E-state index contributed by atoms with van der Waals surface area (Å²) >= 11 is 0. The summed E-state index contributed by atoms with van der Waals surface area (Å²) < 4.78 is 0. The molecule has 0 bridgehead atoms. The molecule has 1 saturated carbocycles. The molecule has 1 rings (SSSR count). The van der Waals surface area contributed by atoms with Crippen molar-refractivity contribution in [1.82, 2.24) is 10.2 Å². The van der Waals surface area contributed by atoms with Crippen molar-refractivity contribution in [2.75, 3.05) is 20.1 Å². The third-order valence-corrected chi connectivity index (χ3v) is 4.06. The second-order valence-corrected chi connectivity index (χ2v) is 5.84. The van der Waals surface area contributed by atoms with Gasteiger partial charge < -0.3 is 10.0 Å². The van der Waals surface area contributed by atoms with Crippen LogP contribution in [0.5, 0.6) is 0 Å². The molecule has 0 aromatic carbocycles. The van der Waals surface area contributed by atoms with E-state index in [0.29, 0.717) is 12.3 Å². The number of likely N-dealkylation sites (N-methyl/N-ethyl adjacent to an activating group) is 1. The molecular weight excluding hydrogens is 256 g/mol. The molecule has 1 fully saturated rings. The predicted octanol–water partition coefficient (Wildman–Crippen LogP) is 1.87. The lowest BCUT2D eigenvalue weighted by Gasteiger charge is -2.27. The maximum Gasteiger partial charge on any atom is 0.320 e. The van der Waals surface area contributed by atoms with Crippen LogP contribution in [0.1, 0.15) is 51.9 Å². The Balaban J connectivity index is 2.31. The van der Waals surface area contributed by atoms with E-state index >= 15 is 0 Å². The average molecular weight is 284 g/mol. The van der Waals surface area contributed by atoms with Gasteiger partial charge in [0.15, 0.2) is 0 Å². The monoisotopic (exact) mass is 284 g/mol. The van der Waals surface area contributed by atoms with Gasteiger partial charge in [0.25, 0.3) is 0 Å². The van der Waals surface area contributed by atoms with Gasteiger partial charge in [-0.1, -0.05) is 32.6 Å². The van der Waals surface area contributed by atoms with Gasteiger partial charge in [-0.3, -0.25) is 14.9 Å². The Kier molecular flexibility index (Phi) is 7.59. The number of carboxylic acid groups (broad SMARTS) is 1. The second kappa shape index (κ2) is 8.95. The SMILES string of the molecule is CCCC(NCC(=O)N(C)CC1CCCCC1)C(=O)O. The summed E-state index contributed by atoms with van der Waals surface area (Å²) in [5.74, 6) is -0.281. The van der Waals surface area contributed by atoms with Crippen LogP contribution in [0.15, 0.2) is 0 Å². The summed E-state index contributed by atoms with van der Waals surface area (Å²) in [4.78, 5) is 24.8. The van der Waals surface area contributed by atoms with Gasteiger partial charge in [0, 0.05) is 13.6 Å². The van der Waals surface area contributed by atoms with Crippen LogP contribution in [0.4, 0.5) is 0 Å². The molecule has 0 aliphatic heterocycles. The molecule has 2 N–H and O–H groups in total. The van der Waals surface area contributed by atoms with E-state index in [9.17, 15) is 9.59 Å². The first-order chi connectivity index (χ1) is 9.54. The third kappa shape index (κ3) is 5.90. The molecule has 20 heavy (non-hydrogen) atoms. The van der Waals surface area contributed by atoms with E-state index in [4.69, 9.17) is 5.11 Å². The molecular formula is C15H28N2O3. The Morgan fingerprint density at radius 1 is 1.30 bits per heavy atom. The van der Waals surface area contributed by atoms with Gasteiger partial charge in [0.1, 0.15) is 6.04 Å². The number of carboxylic acids is 1. The van der Waals surface area contributed by atoms with Crippen LogP contribution >= 0.6 is 0 Å². The van der Waals surface area contributed by atoms with Crippen LogP contribution in [0.25, 0.3) is 0 Å². The van der Waals surface area contributed by atoms with Gasteiger partial charge in [0.05, 0.1) is 6.54 Å². The lowest BCUT2D eigenvalue weighted by atomic mass is 9.89. The molecule has 0 radical (unpaired) electrons. The lowest BCUT2D eigenvalue weighted by Crippen LogP contribution is -2.44. The Hall–Kier alpha value is -1.10. The maximum atomic E-state index is 12.0.